The van der Waals surface area contributed by atoms with Crippen LogP contribution < -0.4 is 19.5 Å². The molecule has 148 valence electrons. The number of nitrogens with zero attached hydrogens (tertiary/aromatic N) is 1. The third-order valence-corrected chi connectivity index (χ3v) is 5.01. The smallest absolute Gasteiger partial charge is 0.292 e. The first-order valence-corrected chi connectivity index (χ1v) is 9.06. The Morgan fingerprint density at radius 3 is 2.36 bits per heavy atom. The zero-order valence-electron chi connectivity index (χ0n) is 15.8. The fraction of sp³-hybridized carbons (Fsp3) is 0.263. The molecule has 0 aliphatic carbocycles. The van der Waals surface area contributed by atoms with Crippen LogP contribution in [0.25, 0.3) is 0 Å². The number of hydrogen-bond acceptors (Lipinski definition) is 7. The Balaban J connectivity index is 1.81. The lowest BCUT2D eigenvalue weighted by Gasteiger charge is -2.14. The molecule has 1 aromatic carbocycles. The number of furan rings is 1. The van der Waals surface area contributed by atoms with E-state index >= 15 is 0 Å². The highest BCUT2D eigenvalue weighted by atomic mass is 79.9. The van der Waals surface area contributed by atoms with Crippen molar-refractivity contribution in [2.24, 2.45) is 0 Å². The molecule has 1 N–H and O–H groups in total. The zero-order chi connectivity index (χ0) is 20.3. The van der Waals surface area contributed by atoms with Crippen molar-refractivity contribution in [3.63, 3.8) is 0 Å². The first-order chi connectivity index (χ1) is 13.5. The first kappa shape index (κ1) is 19.8. The van der Waals surface area contributed by atoms with Gasteiger partial charge in [0.1, 0.15) is 33.2 Å². The van der Waals surface area contributed by atoms with Gasteiger partial charge in [-0.2, -0.15) is 0 Å². The summed E-state index contributed by atoms with van der Waals surface area (Å²) >= 11 is 3.30. The molecule has 0 saturated carbocycles. The summed E-state index contributed by atoms with van der Waals surface area (Å²) in [5, 5.41) is 6.41. The van der Waals surface area contributed by atoms with Crippen LogP contribution in [0.4, 0.5) is 5.82 Å². The summed E-state index contributed by atoms with van der Waals surface area (Å²) in [4.78, 5) is 12.4. The van der Waals surface area contributed by atoms with Gasteiger partial charge in [0.2, 0.25) is 0 Å². The highest BCUT2D eigenvalue weighted by Gasteiger charge is 2.19. The van der Waals surface area contributed by atoms with Gasteiger partial charge in [-0.1, -0.05) is 5.16 Å². The Hall–Kier alpha value is -2.94. The molecule has 0 unspecified atom stereocenters. The van der Waals surface area contributed by atoms with Gasteiger partial charge in [0, 0.05) is 24.1 Å². The predicted octanol–water partition coefficient (Wildman–Crippen LogP) is 4.21. The number of nitrogens with one attached hydrogen (secondary N) is 1. The molecule has 0 saturated heterocycles. The van der Waals surface area contributed by atoms with Crippen LogP contribution in [0.5, 0.6) is 17.2 Å². The third kappa shape index (κ3) is 3.99. The van der Waals surface area contributed by atoms with Gasteiger partial charge in [-0.15, -0.1) is 0 Å². The van der Waals surface area contributed by atoms with Crippen molar-refractivity contribution in [2.75, 3.05) is 26.6 Å². The molecule has 0 fully saturated rings. The Kier molecular flexibility index (Phi) is 5.93. The average Bonchev–Trinajstić information content (AvgIpc) is 3.30. The molecule has 2 aromatic heterocycles. The van der Waals surface area contributed by atoms with Gasteiger partial charge < -0.3 is 28.5 Å². The molecular weight excluding hydrogens is 432 g/mol. The number of aromatic nitrogens is 1. The Morgan fingerprint density at radius 1 is 1.14 bits per heavy atom. The second-order valence-corrected chi connectivity index (χ2v) is 6.60. The number of rotatable bonds is 7. The summed E-state index contributed by atoms with van der Waals surface area (Å²) in [5.74, 6) is 2.95. The van der Waals surface area contributed by atoms with Gasteiger partial charge in [0.05, 0.1) is 21.3 Å². The quantitative estimate of drug-likeness (QED) is 0.575. The minimum absolute atomic E-state index is 0.147. The van der Waals surface area contributed by atoms with E-state index < -0.39 is 5.91 Å². The van der Waals surface area contributed by atoms with Crippen molar-refractivity contribution in [3.05, 3.63) is 51.6 Å². The summed E-state index contributed by atoms with van der Waals surface area (Å²) in [6, 6.07) is 6.84. The van der Waals surface area contributed by atoms with Crippen LogP contribution in [0.3, 0.4) is 0 Å². The van der Waals surface area contributed by atoms with E-state index in [2.05, 4.69) is 26.4 Å². The summed E-state index contributed by atoms with van der Waals surface area (Å²) in [6.07, 6.45) is 0.371. The van der Waals surface area contributed by atoms with E-state index in [4.69, 9.17) is 23.2 Å². The van der Waals surface area contributed by atoms with E-state index in [9.17, 15) is 4.79 Å². The van der Waals surface area contributed by atoms with Crippen LogP contribution in [-0.4, -0.2) is 32.4 Å². The molecular formula is C19H19BrN2O6. The van der Waals surface area contributed by atoms with E-state index in [1.54, 1.807) is 52.5 Å². The zero-order valence-corrected chi connectivity index (χ0v) is 17.4. The lowest BCUT2D eigenvalue weighted by molar-refractivity contribution is 0.0994. The molecule has 0 radical (unpaired) electrons. The van der Waals surface area contributed by atoms with E-state index in [-0.39, 0.29) is 5.76 Å². The number of anilines is 1. The summed E-state index contributed by atoms with van der Waals surface area (Å²) in [5.41, 5.74) is 0.780. The van der Waals surface area contributed by atoms with Crippen LogP contribution in [0, 0.1) is 6.92 Å². The molecule has 3 rings (SSSR count). The largest absolute Gasteiger partial charge is 0.496 e. The number of aryl methyl sites for hydroxylation is 1. The monoisotopic (exact) mass is 450 g/mol. The van der Waals surface area contributed by atoms with Crippen molar-refractivity contribution in [3.8, 4) is 17.2 Å². The van der Waals surface area contributed by atoms with Crippen molar-refractivity contribution >= 4 is 27.7 Å². The number of hydrogen-bond donors (Lipinski definition) is 1. The van der Waals surface area contributed by atoms with E-state index in [0.29, 0.717) is 45.5 Å². The lowest BCUT2D eigenvalue weighted by Crippen LogP contribution is -2.11. The highest BCUT2D eigenvalue weighted by molar-refractivity contribution is 9.10. The first-order valence-electron chi connectivity index (χ1n) is 8.27. The molecule has 0 atom stereocenters. The Bertz CT molecular complexity index is 969. The van der Waals surface area contributed by atoms with E-state index in [0.717, 1.165) is 5.56 Å². The minimum atomic E-state index is -0.436. The Morgan fingerprint density at radius 2 is 1.82 bits per heavy atom. The van der Waals surface area contributed by atoms with Gasteiger partial charge in [0.15, 0.2) is 11.6 Å². The maximum absolute atomic E-state index is 12.4. The van der Waals surface area contributed by atoms with Gasteiger partial charge in [-0.25, -0.2) is 0 Å². The molecule has 28 heavy (non-hydrogen) atoms. The molecule has 2 heterocycles. The van der Waals surface area contributed by atoms with Crippen LogP contribution in [0.2, 0.25) is 0 Å². The minimum Gasteiger partial charge on any atom is -0.496 e. The third-order valence-electron chi connectivity index (χ3n) is 4.08. The number of amides is 1. The summed E-state index contributed by atoms with van der Waals surface area (Å²) < 4.78 is 27.4. The molecule has 3 aromatic rings. The van der Waals surface area contributed by atoms with E-state index in [1.165, 1.54) is 0 Å². The van der Waals surface area contributed by atoms with Crippen LogP contribution in [0.1, 0.15) is 27.6 Å². The predicted molar refractivity (Wildman–Crippen MR) is 105 cm³/mol. The lowest BCUT2D eigenvalue weighted by atomic mass is 10.1. The van der Waals surface area contributed by atoms with Crippen molar-refractivity contribution in [1.29, 1.82) is 0 Å². The van der Waals surface area contributed by atoms with Crippen LogP contribution >= 0.6 is 15.9 Å². The fourth-order valence-corrected chi connectivity index (χ4v) is 2.87. The van der Waals surface area contributed by atoms with Gasteiger partial charge in [0.25, 0.3) is 5.91 Å². The second kappa shape index (κ2) is 8.39. The van der Waals surface area contributed by atoms with Crippen molar-refractivity contribution in [1.82, 2.24) is 5.16 Å². The normalized spacial score (nSPS) is 10.6. The highest BCUT2D eigenvalue weighted by Crippen LogP contribution is 2.36. The molecule has 0 aliphatic rings. The van der Waals surface area contributed by atoms with Crippen molar-refractivity contribution in [2.45, 2.75) is 13.3 Å². The molecule has 9 heteroatoms. The number of benzene rings is 1. The molecule has 0 spiro atoms. The van der Waals surface area contributed by atoms with Crippen LogP contribution in [-0.2, 0) is 6.42 Å². The van der Waals surface area contributed by atoms with Crippen molar-refractivity contribution < 1.29 is 27.9 Å². The fourth-order valence-electron chi connectivity index (χ4n) is 2.63. The van der Waals surface area contributed by atoms with Gasteiger partial charge in [-0.3, -0.25) is 4.79 Å². The number of halogens is 1. The molecule has 0 bridgehead atoms. The van der Waals surface area contributed by atoms with E-state index in [1.807, 2.05) is 0 Å². The standard InChI is InChI=1S/C19H19BrN2O6/c1-10-17(20)18(22-28-10)21-19(23)14-6-5-11(27-14)7-13-15(25-3)8-12(24-2)9-16(13)26-4/h5-6,8-9H,7H2,1-4H3,(H,21,22,23). The Labute approximate surface area is 169 Å². The number of ether oxygens (including phenoxy) is 3. The SMILES string of the molecule is COc1cc(OC)c(Cc2ccc(C(=O)Nc3noc(C)c3Br)o2)c(OC)c1. The topological polar surface area (TPSA) is 96.0 Å². The molecule has 8 nitrogen and oxygen atoms in total. The maximum Gasteiger partial charge on any atom is 0.292 e. The molecule has 1 amide bonds. The summed E-state index contributed by atoms with van der Waals surface area (Å²) in [6.45, 7) is 1.73. The number of methoxy groups -OCH3 is 3. The van der Waals surface area contributed by atoms with Gasteiger partial charge >= 0.3 is 0 Å². The second-order valence-electron chi connectivity index (χ2n) is 5.81. The maximum atomic E-state index is 12.4. The number of carbonyl (C=O) groups excluding carboxylic acids is 1. The average molecular weight is 451 g/mol. The summed E-state index contributed by atoms with van der Waals surface area (Å²) in [7, 11) is 4.70. The van der Waals surface area contributed by atoms with Crippen LogP contribution in [0.15, 0.2) is 37.7 Å². The molecule has 0 aliphatic heterocycles. The number of carbonyl (C=O) groups is 1. The van der Waals surface area contributed by atoms with Gasteiger partial charge in [-0.05, 0) is 35.0 Å².